The predicted octanol–water partition coefficient (Wildman–Crippen LogP) is 2.99. The van der Waals surface area contributed by atoms with Crippen molar-refractivity contribution in [2.75, 3.05) is 13.7 Å². The van der Waals surface area contributed by atoms with Crippen molar-refractivity contribution >= 4 is 0 Å². The fourth-order valence-corrected chi connectivity index (χ4v) is 2.52. The van der Waals surface area contributed by atoms with E-state index in [1.807, 2.05) is 12.1 Å². The van der Waals surface area contributed by atoms with E-state index in [4.69, 9.17) is 9.47 Å². The van der Waals surface area contributed by atoms with Gasteiger partial charge in [-0.15, -0.1) is 0 Å². The Morgan fingerprint density at radius 3 is 3.00 bits per heavy atom. The van der Waals surface area contributed by atoms with E-state index in [0.717, 1.165) is 31.7 Å². The molecule has 0 bridgehead atoms. The Bertz CT molecular complexity index is 392. The maximum Gasteiger partial charge on any atom is 0.119 e. The topological polar surface area (TPSA) is 30.5 Å². The first-order valence-corrected chi connectivity index (χ1v) is 7.17. The summed E-state index contributed by atoms with van der Waals surface area (Å²) in [6.07, 6.45) is 2.62. The van der Waals surface area contributed by atoms with Crippen molar-refractivity contribution in [1.82, 2.24) is 5.32 Å². The quantitative estimate of drug-likeness (QED) is 0.886. The van der Waals surface area contributed by atoms with Crippen LogP contribution in [0.5, 0.6) is 5.75 Å². The van der Waals surface area contributed by atoms with Crippen LogP contribution in [0.2, 0.25) is 0 Å². The summed E-state index contributed by atoms with van der Waals surface area (Å²) in [4.78, 5) is 0. The molecule has 0 amide bonds. The lowest BCUT2D eigenvalue weighted by atomic mass is 9.95. The second-order valence-corrected chi connectivity index (χ2v) is 5.61. The zero-order chi connectivity index (χ0) is 13.7. The molecular weight excluding hydrogens is 238 g/mol. The minimum Gasteiger partial charge on any atom is -0.497 e. The van der Waals surface area contributed by atoms with Gasteiger partial charge in [-0.25, -0.2) is 0 Å². The van der Waals surface area contributed by atoms with Crippen LogP contribution in [0, 0.1) is 5.92 Å². The molecule has 0 aromatic heterocycles. The molecule has 1 aliphatic rings. The molecule has 0 spiro atoms. The minimum atomic E-state index is 0.400. The Labute approximate surface area is 116 Å². The molecule has 0 radical (unpaired) electrons. The Kier molecular flexibility index (Phi) is 5.23. The van der Waals surface area contributed by atoms with E-state index in [1.165, 1.54) is 5.56 Å². The maximum atomic E-state index is 5.80. The van der Waals surface area contributed by atoms with Crippen molar-refractivity contribution < 1.29 is 9.47 Å². The van der Waals surface area contributed by atoms with E-state index >= 15 is 0 Å². The van der Waals surface area contributed by atoms with Gasteiger partial charge in [0.25, 0.3) is 0 Å². The Morgan fingerprint density at radius 1 is 1.42 bits per heavy atom. The number of methoxy groups -OCH3 is 1. The zero-order valence-electron chi connectivity index (χ0n) is 12.2. The van der Waals surface area contributed by atoms with E-state index in [0.29, 0.717) is 18.1 Å². The Hall–Kier alpha value is -1.06. The van der Waals surface area contributed by atoms with Gasteiger partial charge in [0.05, 0.1) is 13.2 Å². The average molecular weight is 263 g/mol. The van der Waals surface area contributed by atoms with Crippen LogP contribution in [-0.4, -0.2) is 25.9 Å². The highest BCUT2D eigenvalue weighted by molar-refractivity contribution is 5.28. The van der Waals surface area contributed by atoms with Gasteiger partial charge in [-0.2, -0.15) is 0 Å². The van der Waals surface area contributed by atoms with Crippen molar-refractivity contribution in [2.24, 2.45) is 5.92 Å². The van der Waals surface area contributed by atoms with Crippen LogP contribution in [0.3, 0.4) is 0 Å². The molecule has 1 aromatic carbocycles. The van der Waals surface area contributed by atoms with Crippen LogP contribution in [0.15, 0.2) is 24.3 Å². The molecule has 1 heterocycles. The van der Waals surface area contributed by atoms with Gasteiger partial charge in [-0.05, 0) is 36.5 Å². The lowest BCUT2D eigenvalue weighted by Gasteiger charge is -2.32. The van der Waals surface area contributed by atoms with Crippen LogP contribution < -0.4 is 10.1 Å². The van der Waals surface area contributed by atoms with Gasteiger partial charge < -0.3 is 14.8 Å². The molecular formula is C16H25NO2. The summed E-state index contributed by atoms with van der Waals surface area (Å²) in [7, 11) is 1.71. The largest absolute Gasteiger partial charge is 0.497 e. The van der Waals surface area contributed by atoms with Crippen molar-refractivity contribution in [3.05, 3.63) is 29.8 Å². The summed E-state index contributed by atoms with van der Waals surface area (Å²) < 4.78 is 11.0. The highest BCUT2D eigenvalue weighted by atomic mass is 16.5. The van der Waals surface area contributed by atoms with Gasteiger partial charge in [-0.1, -0.05) is 26.0 Å². The highest BCUT2D eigenvalue weighted by Gasteiger charge is 2.24. The Balaban J connectivity index is 1.84. The van der Waals surface area contributed by atoms with Crippen molar-refractivity contribution in [1.29, 1.82) is 0 Å². The van der Waals surface area contributed by atoms with E-state index in [9.17, 15) is 0 Å². The fraction of sp³-hybridized carbons (Fsp3) is 0.625. The second kappa shape index (κ2) is 6.92. The molecule has 3 heteroatoms. The predicted molar refractivity (Wildman–Crippen MR) is 77.4 cm³/mol. The molecule has 1 fully saturated rings. The van der Waals surface area contributed by atoms with Crippen LogP contribution in [-0.2, 0) is 11.3 Å². The van der Waals surface area contributed by atoms with Crippen molar-refractivity contribution in [3.63, 3.8) is 0 Å². The third-order valence-corrected chi connectivity index (χ3v) is 3.79. The standard InChI is InChI=1S/C16H25NO2/c1-12(2)16-10-14(7-8-19-16)17-11-13-5-4-6-15(9-13)18-3/h4-6,9,12,14,16-17H,7-8,10-11H2,1-3H3. The smallest absolute Gasteiger partial charge is 0.119 e. The highest BCUT2D eigenvalue weighted by Crippen LogP contribution is 2.21. The summed E-state index contributed by atoms with van der Waals surface area (Å²) in [5, 5.41) is 3.64. The minimum absolute atomic E-state index is 0.400. The van der Waals surface area contributed by atoms with Crippen LogP contribution in [0.1, 0.15) is 32.3 Å². The second-order valence-electron chi connectivity index (χ2n) is 5.61. The van der Waals surface area contributed by atoms with Crippen molar-refractivity contribution in [2.45, 2.75) is 45.4 Å². The molecule has 2 atom stereocenters. The van der Waals surface area contributed by atoms with E-state index in [2.05, 4.69) is 31.3 Å². The molecule has 2 unspecified atom stereocenters. The fourth-order valence-electron chi connectivity index (χ4n) is 2.52. The monoisotopic (exact) mass is 263 g/mol. The summed E-state index contributed by atoms with van der Waals surface area (Å²) in [6.45, 7) is 6.23. The summed E-state index contributed by atoms with van der Waals surface area (Å²) in [5.74, 6) is 1.52. The molecule has 1 aromatic rings. The Morgan fingerprint density at radius 2 is 2.26 bits per heavy atom. The van der Waals surface area contributed by atoms with Gasteiger partial charge in [0.2, 0.25) is 0 Å². The van der Waals surface area contributed by atoms with Crippen LogP contribution in [0.25, 0.3) is 0 Å². The molecule has 1 saturated heterocycles. The molecule has 2 rings (SSSR count). The molecule has 1 aliphatic heterocycles. The van der Waals surface area contributed by atoms with E-state index in [1.54, 1.807) is 7.11 Å². The lowest BCUT2D eigenvalue weighted by molar-refractivity contribution is -0.0245. The van der Waals surface area contributed by atoms with Gasteiger partial charge in [0.1, 0.15) is 5.75 Å². The molecule has 0 saturated carbocycles. The number of hydrogen-bond donors (Lipinski definition) is 1. The summed E-state index contributed by atoms with van der Waals surface area (Å²) in [5.41, 5.74) is 1.27. The SMILES string of the molecule is COc1cccc(CNC2CCOC(C(C)C)C2)c1. The molecule has 1 N–H and O–H groups in total. The first-order valence-electron chi connectivity index (χ1n) is 7.17. The molecule has 3 nitrogen and oxygen atoms in total. The van der Waals surface area contributed by atoms with Crippen molar-refractivity contribution in [3.8, 4) is 5.75 Å². The zero-order valence-corrected chi connectivity index (χ0v) is 12.2. The van der Waals surface area contributed by atoms with E-state index < -0.39 is 0 Å². The normalized spacial score (nSPS) is 23.6. The van der Waals surface area contributed by atoms with Crippen LogP contribution >= 0.6 is 0 Å². The number of rotatable bonds is 5. The van der Waals surface area contributed by atoms with Gasteiger partial charge >= 0.3 is 0 Å². The lowest BCUT2D eigenvalue weighted by Crippen LogP contribution is -2.40. The number of hydrogen-bond acceptors (Lipinski definition) is 3. The van der Waals surface area contributed by atoms with E-state index in [-0.39, 0.29) is 0 Å². The number of benzene rings is 1. The van der Waals surface area contributed by atoms with Gasteiger partial charge in [-0.3, -0.25) is 0 Å². The molecule has 19 heavy (non-hydrogen) atoms. The maximum absolute atomic E-state index is 5.80. The first kappa shape index (κ1) is 14.4. The summed E-state index contributed by atoms with van der Waals surface area (Å²) >= 11 is 0. The molecule has 106 valence electrons. The first-order chi connectivity index (χ1) is 9.19. The van der Waals surface area contributed by atoms with Gasteiger partial charge in [0, 0.05) is 19.2 Å². The third kappa shape index (κ3) is 4.22. The average Bonchev–Trinajstić information content (AvgIpc) is 2.45. The number of ether oxygens (including phenoxy) is 2. The van der Waals surface area contributed by atoms with Crippen LogP contribution in [0.4, 0.5) is 0 Å². The van der Waals surface area contributed by atoms with Gasteiger partial charge in [0.15, 0.2) is 0 Å². The third-order valence-electron chi connectivity index (χ3n) is 3.79. The molecule has 0 aliphatic carbocycles. The summed E-state index contributed by atoms with van der Waals surface area (Å²) in [6, 6.07) is 8.80. The number of nitrogens with one attached hydrogen (secondary N) is 1.